The van der Waals surface area contributed by atoms with E-state index in [1.165, 1.54) is 27.6 Å². The summed E-state index contributed by atoms with van der Waals surface area (Å²) in [5.41, 5.74) is 2.55. The second-order valence-electron chi connectivity index (χ2n) is 8.23. The number of aliphatic hydroxyl groups excluding tert-OH is 1. The molecule has 1 aliphatic carbocycles. The molecule has 1 fully saturated rings. The van der Waals surface area contributed by atoms with Crippen LogP contribution in [0.3, 0.4) is 0 Å². The molecule has 2 aromatic carbocycles. The second-order valence-corrected chi connectivity index (χ2v) is 10.2. The Bertz CT molecular complexity index is 975. The van der Waals surface area contributed by atoms with Crippen LogP contribution < -0.4 is 0 Å². The second kappa shape index (κ2) is 9.75. The first-order chi connectivity index (χ1) is 14.9. The maximum Gasteiger partial charge on any atom is 0.243 e. The van der Waals surface area contributed by atoms with Crippen LogP contribution in [0, 0.1) is 5.82 Å². The van der Waals surface area contributed by atoms with Crippen LogP contribution in [0.25, 0.3) is 0 Å². The summed E-state index contributed by atoms with van der Waals surface area (Å²) in [5, 5.41) is 10.5. The minimum atomic E-state index is -3.63. The molecule has 8 heteroatoms. The van der Waals surface area contributed by atoms with Gasteiger partial charge in [-0.3, -0.25) is 4.90 Å². The van der Waals surface area contributed by atoms with Gasteiger partial charge < -0.3 is 9.84 Å². The number of β-amino-alcohol motifs (C(OH)–C–C–N with tert-alkyl or cyclic N) is 1. The van der Waals surface area contributed by atoms with Crippen LogP contribution in [-0.4, -0.2) is 68.2 Å². The highest BCUT2D eigenvalue weighted by Crippen LogP contribution is 2.32. The smallest absolute Gasteiger partial charge is 0.243 e. The highest BCUT2D eigenvalue weighted by Gasteiger charge is 2.29. The van der Waals surface area contributed by atoms with E-state index in [2.05, 4.69) is 17.0 Å². The Balaban J connectivity index is 1.25. The molecule has 1 aliphatic heterocycles. The van der Waals surface area contributed by atoms with Crippen molar-refractivity contribution in [1.29, 1.82) is 0 Å². The van der Waals surface area contributed by atoms with E-state index in [4.69, 9.17) is 4.74 Å². The molecule has 0 saturated carbocycles. The third-order valence-electron chi connectivity index (χ3n) is 6.06. The Kier molecular flexibility index (Phi) is 7.03. The minimum absolute atomic E-state index is 0.0253. The van der Waals surface area contributed by atoms with Crippen LogP contribution in [0.1, 0.15) is 30.1 Å². The van der Waals surface area contributed by atoms with E-state index in [-0.39, 0.29) is 17.6 Å². The Morgan fingerprint density at radius 1 is 1.06 bits per heavy atom. The summed E-state index contributed by atoms with van der Waals surface area (Å²) >= 11 is 0. The van der Waals surface area contributed by atoms with E-state index in [0.29, 0.717) is 32.7 Å². The van der Waals surface area contributed by atoms with Gasteiger partial charge in [-0.2, -0.15) is 4.31 Å². The predicted molar refractivity (Wildman–Crippen MR) is 116 cm³/mol. The Labute approximate surface area is 183 Å². The first-order valence-electron chi connectivity index (χ1n) is 10.8. The SMILES string of the molecule is O=S(=O)(c1ccc(F)cc1)N1CCN(C[C@@H](O)CO[C@H]2CCCc3ccccc32)CC1. The van der Waals surface area contributed by atoms with E-state index < -0.39 is 21.9 Å². The van der Waals surface area contributed by atoms with Gasteiger partial charge in [-0.15, -0.1) is 0 Å². The number of fused-ring (bicyclic) bond motifs is 1. The molecular formula is C23H29FN2O4S. The molecule has 31 heavy (non-hydrogen) atoms. The van der Waals surface area contributed by atoms with Gasteiger partial charge in [0.2, 0.25) is 10.0 Å². The molecule has 1 N–H and O–H groups in total. The van der Waals surface area contributed by atoms with Crippen molar-refractivity contribution in [3.05, 3.63) is 65.5 Å². The minimum Gasteiger partial charge on any atom is -0.389 e. The van der Waals surface area contributed by atoms with Crippen LogP contribution in [0.5, 0.6) is 0 Å². The molecule has 2 aliphatic rings. The summed E-state index contributed by atoms with van der Waals surface area (Å²) < 4.78 is 46.0. The van der Waals surface area contributed by atoms with Crippen LogP contribution in [0.15, 0.2) is 53.4 Å². The lowest BCUT2D eigenvalue weighted by atomic mass is 9.89. The van der Waals surface area contributed by atoms with Gasteiger partial charge in [0.05, 0.1) is 23.7 Å². The van der Waals surface area contributed by atoms with Gasteiger partial charge in [-0.25, -0.2) is 12.8 Å². The number of ether oxygens (including phenoxy) is 1. The van der Waals surface area contributed by atoms with Gasteiger partial charge in [0.15, 0.2) is 0 Å². The number of benzene rings is 2. The van der Waals surface area contributed by atoms with E-state index in [1.54, 1.807) is 0 Å². The van der Waals surface area contributed by atoms with Crippen molar-refractivity contribution in [1.82, 2.24) is 9.21 Å². The first-order valence-corrected chi connectivity index (χ1v) is 12.2. The molecule has 168 valence electrons. The number of hydrogen-bond acceptors (Lipinski definition) is 5. The maximum atomic E-state index is 13.1. The fourth-order valence-corrected chi connectivity index (χ4v) is 5.79. The number of aliphatic hydroxyl groups is 1. The fourth-order valence-electron chi connectivity index (χ4n) is 4.37. The molecule has 0 aromatic heterocycles. The molecule has 2 atom stereocenters. The van der Waals surface area contributed by atoms with Gasteiger partial charge in [-0.1, -0.05) is 24.3 Å². The normalized spacial score (nSPS) is 21.5. The lowest BCUT2D eigenvalue weighted by Crippen LogP contribution is -2.50. The first kappa shape index (κ1) is 22.4. The lowest BCUT2D eigenvalue weighted by molar-refractivity contribution is -0.0304. The number of hydrogen-bond donors (Lipinski definition) is 1. The average molecular weight is 449 g/mol. The summed E-state index contributed by atoms with van der Waals surface area (Å²) in [7, 11) is -3.63. The maximum absolute atomic E-state index is 13.1. The van der Waals surface area contributed by atoms with Crippen molar-refractivity contribution >= 4 is 10.0 Å². The summed E-state index contributed by atoms with van der Waals surface area (Å²) in [4.78, 5) is 2.16. The number of rotatable bonds is 7. The number of nitrogens with zero attached hydrogens (tertiary/aromatic N) is 2. The van der Waals surface area contributed by atoms with Crippen LogP contribution in [0.2, 0.25) is 0 Å². The fraction of sp³-hybridized carbons (Fsp3) is 0.478. The number of piperazine rings is 1. The molecule has 0 spiro atoms. The zero-order valence-electron chi connectivity index (χ0n) is 17.5. The van der Waals surface area contributed by atoms with Crippen molar-refractivity contribution in [2.24, 2.45) is 0 Å². The molecule has 1 heterocycles. The standard InChI is InChI=1S/C23H29FN2O4S/c24-19-8-10-21(11-9-19)31(28,29)26-14-12-25(13-15-26)16-20(27)17-30-23-7-3-5-18-4-1-2-6-22(18)23/h1-2,4,6,8-11,20,23,27H,3,5,7,12-17H2/t20-,23+/m1/s1. The van der Waals surface area contributed by atoms with Crippen LogP contribution in [0.4, 0.5) is 4.39 Å². The molecule has 0 radical (unpaired) electrons. The molecule has 0 bridgehead atoms. The molecular weight excluding hydrogens is 419 g/mol. The summed E-state index contributed by atoms with van der Waals surface area (Å²) in [6, 6.07) is 13.2. The molecule has 2 aromatic rings. The summed E-state index contributed by atoms with van der Waals surface area (Å²) in [6.45, 7) is 2.44. The molecule has 0 unspecified atom stereocenters. The quantitative estimate of drug-likeness (QED) is 0.705. The van der Waals surface area contributed by atoms with E-state index in [1.807, 2.05) is 12.1 Å². The molecule has 4 rings (SSSR count). The highest BCUT2D eigenvalue weighted by atomic mass is 32.2. The van der Waals surface area contributed by atoms with Gasteiger partial charge >= 0.3 is 0 Å². The predicted octanol–water partition coefficient (Wildman–Crippen LogP) is 2.59. The zero-order valence-corrected chi connectivity index (χ0v) is 18.3. The van der Waals surface area contributed by atoms with Crippen LogP contribution >= 0.6 is 0 Å². The third kappa shape index (κ3) is 5.32. The van der Waals surface area contributed by atoms with Gasteiger partial charge in [0.1, 0.15) is 5.82 Å². The Hall–Kier alpha value is -1.84. The largest absolute Gasteiger partial charge is 0.389 e. The lowest BCUT2D eigenvalue weighted by Gasteiger charge is -2.35. The van der Waals surface area contributed by atoms with Gasteiger partial charge in [0.25, 0.3) is 0 Å². The van der Waals surface area contributed by atoms with Gasteiger partial charge in [0, 0.05) is 32.7 Å². The van der Waals surface area contributed by atoms with E-state index >= 15 is 0 Å². The summed E-state index contributed by atoms with van der Waals surface area (Å²) in [5.74, 6) is -0.461. The van der Waals surface area contributed by atoms with Crippen molar-refractivity contribution < 1.29 is 22.7 Å². The molecule has 0 amide bonds. The van der Waals surface area contributed by atoms with Gasteiger partial charge in [-0.05, 0) is 54.7 Å². The third-order valence-corrected chi connectivity index (χ3v) is 7.97. The van der Waals surface area contributed by atoms with Crippen molar-refractivity contribution in [3.8, 4) is 0 Å². The molecule has 6 nitrogen and oxygen atoms in total. The zero-order chi connectivity index (χ0) is 21.8. The topological polar surface area (TPSA) is 70.1 Å². The number of halogens is 1. The Morgan fingerprint density at radius 2 is 1.77 bits per heavy atom. The highest BCUT2D eigenvalue weighted by molar-refractivity contribution is 7.89. The van der Waals surface area contributed by atoms with E-state index in [9.17, 15) is 17.9 Å². The Morgan fingerprint density at radius 3 is 2.52 bits per heavy atom. The van der Waals surface area contributed by atoms with E-state index in [0.717, 1.165) is 31.4 Å². The van der Waals surface area contributed by atoms with Crippen molar-refractivity contribution in [3.63, 3.8) is 0 Å². The average Bonchev–Trinajstić information content (AvgIpc) is 2.78. The van der Waals surface area contributed by atoms with Crippen molar-refractivity contribution in [2.45, 2.75) is 36.4 Å². The number of aryl methyl sites for hydroxylation is 1. The monoisotopic (exact) mass is 448 g/mol. The summed E-state index contributed by atoms with van der Waals surface area (Å²) in [6.07, 6.45) is 2.52. The van der Waals surface area contributed by atoms with Crippen LogP contribution in [-0.2, 0) is 21.2 Å². The molecule has 1 saturated heterocycles. The number of sulfonamides is 1. The van der Waals surface area contributed by atoms with Crippen molar-refractivity contribution in [2.75, 3.05) is 39.3 Å².